The molecule has 1 saturated heterocycles. The summed E-state index contributed by atoms with van der Waals surface area (Å²) in [7, 11) is 0. The first-order valence-electron chi connectivity index (χ1n) is 6.32. The number of carbonyl (C=O) groups excluding carboxylic acids is 1. The summed E-state index contributed by atoms with van der Waals surface area (Å²) in [6.07, 6.45) is 2.07. The summed E-state index contributed by atoms with van der Waals surface area (Å²) in [4.78, 5) is 15.5. The lowest BCUT2D eigenvalue weighted by Gasteiger charge is -2.31. The van der Waals surface area contributed by atoms with Crippen LogP contribution in [0.1, 0.15) is 34.2 Å². The number of piperidine rings is 1. The standard InChI is InChI=1S/C14H14BrNO2S/c15-13-4-3-11(18-13)14(17)16-7-5-10(6-8-16)12-2-1-9-19-12/h1-4,9-10H,5-8H2. The Morgan fingerprint density at radius 1 is 1.32 bits per heavy atom. The summed E-state index contributed by atoms with van der Waals surface area (Å²) in [5, 5.41) is 2.12. The minimum atomic E-state index is -0.00432. The number of furan rings is 1. The van der Waals surface area contributed by atoms with Gasteiger partial charge >= 0.3 is 0 Å². The third-order valence-corrected chi connectivity index (χ3v) is 4.97. The maximum atomic E-state index is 12.2. The van der Waals surface area contributed by atoms with E-state index in [2.05, 4.69) is 33.4 Å². The smallest absolute Gasteiger partial charge is 0.289 e. The number of likely N-dealkylation sites (tertiary alicyclic amines) is 1. The number of carbonyl (C=O) groups is 1. The molecule has 3 rings (SSSR count). The molecule has 0 aliphatic carbocycles. The predicted molar refractivity (Wildman–Crippen MR) is 78.6 cm³/mol. The van der Waals surface area contributed by atoms with Crippen molar-refractivity contribution in [2.45, 2.75) is 18.8 Å². The molecule has 2 aromatic rings. The van der Waals surface area contributed by atoms with Gasteiger partial charge in [0.2, 0.25) is 0 Å². The summed E-state index contributed by atoms with van der Waals surface area (Å²) in [6.45, 7) is 1.61. The highest BCUT2D eigenvalue weighted by atomic mass is 79.9. The molecule has 3 nitrogen and oxygen atoms in total. The van der Waals surface area contributed by atoms with Crippen molar-refractivity contribution in [2.24, 2.45) is 0 Å². The second-order valence-corrected chi connectivity index (χ2v) is 6.45. The monoisotopic (exact) mass is 339 g/mol. The highest BCUT2D eigenvalue weighted by Crippen LogP contribution is 2.31. The number of rotatable bonds is 2. The van der Waals surface area contributed by atoms with Crippen molar-refractivity contribution in [1.29, 1.82) is 0 Å². The van der Waals surface area contributed by atoms with E-state index in [0.717, 1.165) is 25.9 Å². The summed E-state index contributed by atoms with van der Waals surface area (Å²) in [5.74, 6) is 1.02. The Kier molecular flexibility index (Phi) is 3.75. The molecule has 100 valence electrons. The van der Waals surface area contributed by atoms with Crippen molar-refractivity contribution in [3.63, 3.8) is 0 Å². The number of thiophene rings is 1. The molecule has 0 saturated carbocycles. The molecule has 5 heteroatoms. The van der Waals surface area contributed by atoms with E-state index >= 15 is 0 Å². The first kappa shape index (κ1) is 12.9. The number of halogens is 1. The summed E-state index contributed by atoms with van der Waals surface area (Å²) < 4.78 is 5.93. The van der Waals surface area contributed by atoms with Crippen LogP contribution in [0.3, 0.4) is 0 Å². The van der Waals surface area contributed by atoms with Crippen LogP contribution in [0.2, 0.25) is 0 Å². The normalized spacial score (nSPS) is 16.8. The Hall–Kier alpha value is -1.07. The maximum Gasteiger partial charge on any atom is 0.289 e. The van der Waals surface area contributed by atoms with Gasteiger partial charge in [-0.25, -0.2) is 0 Å². The van der Waals surface area contributed by atoms with Crippen molar-refractivity contribution in [3.05, 3.63) is 45.0 Å². The summed E-state index contributed by atoms with van der Waals surface area (Å²) in [6, 6.07) is 7.76. The molecule has 0 spiro atoms. The van der Waals surface area contributed by atoms with Gasteiger partial charge in [0.15, 0.2) is 10.4 Å². The zero-order valence-electron chi connectivity index (χ0n) is 10.3. The zero-order valence-corrected chi connectivity index (χ0v) is 12.7. The Bertz CT molecular complexity index is 556. The molecule has 19 heavy (non-hydrogen) atoms. The van der Waals surface area contributed by atoms with Gasteiger partial charge in [-0.3, -0.25) is 4.79 Å². The fourth-order valence-corrected chi connectivity index (χ4v) is 3.68. The molecule has 1 fully saturated rings. The average molecular weight is 340 g/mol. The summed E-state index contributed by atoms with van der Waals surface area (Å²) in [5.41, 5.74) is 0. The van der Waals surface area contributed by atoms with E-state index in [4.69, 9.17) is 4.42 Å². The molecule has 0 aromatic carbocycles. The van der Waals surface area contributed by atoms with Crippen LogP contribution in [0.15, 0.2) is 38.7 Å². The van der Waals surface area contributed by atoms with Crippen LogP contribution >= 0.6 is 27.3 Å². The number of nitrogens with zero attached hydrogens (tertiary/aromatic N) is 1. The van der Waals surface area contributed by atoms with Crippen molar-refractivity contribution in [3.8, 4) is 0 Å². The van der Waals surface area contributed by atoms with E-state index in [9.17, 15) is 4.79 Å². The highest BCUT2D eigenvalue weighted by molar-refractivity contribution is 9.10. The van der Waals surface area contributed by atoms with E-state index in [1.54, 1.807) is 12.1 Å². The maximum absolute atomic E-state index is 12.2. The Labute approximate surface area is 124 Å². The molecule has 2 aromatic heterocycles. The SMILES string of the molecule is O=C(c1ccc(Br)o1)N1CCC(c2cccs2)CC1. The van der Waals surface area contributed by atoms with Gasteiger partial charge in [0.1, 0.15) is 0 Å². The second kappa shape index (κ2) is 5.51. The third-order valence-electron chi connectivity index (χ3n) is 3.51. The van der Waals surface area contributed by atoms with Crippen LogP contribution in [-0.4, -0.2) is 23.9 Å². The lowest BCUT2D eigenvalue weighted by atomic mass is 9.95. The molecule has 0 unspecified atom stereocenters. The van der Waals surface area contributed by atoms with Crippen molar-refractivity contribution >= 4 is 33.2 Å². The first-order valence-corrected chi connectivity index (χ1v) is 7.99. The van der Waals surface area contributed by atoms with Crippen LogP contribution in [0.4, 0.5) is 0 Å². The van der Waals surface area contributed by atoms with Gasteiger partial charge in [-0.15, -0.1) is 11.3 Å². The number of hydrogen-bond acceptors (Lipinski definition) is 3. The lowest BCUT2D eigenvalue weighted by molar-refractivity contribution is 0.0680. The molecule has 3 heterocycles. The van der Waals surface area contributed by atoms with Gasteiger partial charge < -0.3 is 9.32 Å². The van der Waals surface area contributed by atoms with E-state index in [-0.39, 0.29) is 5.91 Å². The van der Waals surface area contributed by atoms with E-state index in [0.29, 0.717) is 16.3 Å². The van der Waals surface area contributed by atoms with Crippen LogP contribution < -0.4 is 0 Å². The quantitative estimate of drug-likeness (QED) is 0.824. The van der Waals surface area contributed by atoms with Crippen LogP contribution in [0.25, 0.3) is 0 Å². The average Bonchev–Trinajstić information content (AvgIpc) is 3.09. The zero-order chi connectivity index (χ0) is 13.2. The van der Waals surface area contributed by atoms with Crippen molar-refractivity contribution < 1.29 is 9.21 Å². The van der Waals surface area contributed by atoms with Crippen molar-refractivity contribution in [1.82, 2.24) is 4.90 Å². The molecular formula is C14H14BrNO2S. The van der Waals surface area contributed by atoms with Gasteiger partial charge in [-0.1, -0.05) is 6.07 Å². The summed E-state index contributed by atoms with van der Waals surface area (Å²) >= 11 is 5.03. The van der Waals surface area contributed by atoms with Gasteiger partial charge in [0.25, 0.3) is 5.91 Å². The van der Waals surface area contributed by atoms with Crippen molar-refractivity contribution in [2.75, 3.05) is 13.1 Å². The van der Waals surface area contributed by atoms with E-state index in [1.165, 1.54) is 4.88 Å². The molecular weight excluding hydrogens is 326 g/mol. The molecule has 0 radical (unpaired) electrons. The minimum absolute atomic E-state index is 0.00432. The van der Waals surface area contributed by atoms with E-state index in [1.807, 2.05) is 16.2 Å². The molecule has 1 aliphatic heterocycles. The fraction of sp³-hybridized carbons (Fsp3) is 0.357. The van der Waals surface area contributed by atoms with Crippen LogP contribution in [-0.2, 0) is 0 Å². The fourth-order valence-electron chi connectivity index (χ4n) is 2.48. The molecule has 0 N–H and O–H groups in total. The first-order chi connectivity index (χ1) is 9.24. The Morgan fingerprint density at radius 2 is 2.11 bits per heavy atom. The van der Waals surface area contributed by atoms with Gasteiger partial charge in [0.05, 0.1) is 0 Å². The molecule has 1 amide bonds. The van der Waals surface area contributed by atoms with E-state index < -0.39 is 0 Å². The molecule has 0 atom stereocenters. The molecule has 0 bridgehead atoms. The third kappa shape index (κ3) is 2.77. The highest BCUT2D eigenvalue weighted by Gasteiger charge is 2.26. The number of hydrogen-bond donors (Lipinski definition) is 0. The van der Waals surface area contributed by atoms with Crippen LogP contribution in [0.5, 0.6) is 0 Å². The molecule has 1 aliphatic rings. The largest absolute Gasteiger partial charge is 0.444 e. The van der Waals surface area contributed by atoms with Gasteiger partial charge in [-0.05, 0) is 58.3 Å². The number of amides is 1. The van der Waals surface area contributed by atoms with Gasteiger partial charge in [0, 0.05) is 18.0 Å². The topological polar surface area (TPSA) is 33.5 Å². The van der Waals surface area contributed by atoms with Crippen LogP contribution in [0, 0.1) is 0 Å². The Morgan fingerprint density at radius 3 is 2.68 bits per heavy atom. The Balaban J connectivity index is 1.62. The minimum Gasteiger partial charge on any atom is -0.444 e. The van der Waals surface area contributed by atoms with Gasteiger partial charge in [-0.2, -0.15) is 0 Å². The predicted octanol–water partition coefficient (Wildman–Crippen LogP) is 4.12. The lowest BCUT2D eigenvalue weighted by Crippen LogP contribution is -2.37. The second-order valence-electron chi connectivity index (χ2n) is 4.69.